The number of hydrogen-bond acceptors (Lipinski definition) is 3. The smallest absolute Gasteiger partial charge is 0.357 e. The van der Waals surface area contributed by atoms with E-state index in [1.54, 1.807) is 0 Å². The Labute approximate surface area is 189 Å². The summed E-state index contributed by atoms with van der Waals surface area (Å²) in [6, 6.07) is 5.06. The van der Waals surface area contributed by atoms with E-state index in [0.29, 0.717) is 32.0 Å². The zero-order chi connectivity index (χ0) is 21.6. The number of sulfone groups is 1. The van der Waals surface area contributed by atoms with Crippen LogP contribution in [0.25, 0.3) is 0 Å². The van der Waals surface area contributed by atoms with Crippen LogP contribution in [-0.4, -0.2) is 51.4 Å². The van der Waals surface area contributed by atoms with E-state index in [9.17, 15) is 21.6 Å². The molecule has 0 heterocycles. The Bertz CT molecular complexity index is 764. The summed E-state index contributed by atoms with van der Waals surface area (Å²) in [7, 11) is -1.22. The normalized spacial score (nSPS) is 13.0. The summed E-state index contributed by atoms with van der Waals surface area (Å²) in [6.07, 6.45) is -2.63. The third-order valence-corrected chi connectivity index (χ3v) is 5.15. The Kier molecular flexibility index (Phi) is 11.0. The van der Waals surface area contributed by atoms with E-state index in [1.807, 2.05) is 32.7 Å². The summed E-state index contributed by atoms with van der Waals surface area (Å²) in [6.45, 7) is 7.31. The van der Waals surface area contributed by atoms with E-state index in [1.165, 1.54) is 18.4 Å². The summed E-state index contributed by atoms with van der Waals surface area (Å²) < 4.78 is 60.8. The molecule has 0 amide bonds. The predicted octanol–water partition coefficient (Wildman–Crippen LogP) is 4.18. The molecule has 0 atom stereocenters. The average Bonchev–Trinajstić information content (AvgIpc) is 2.56. The second-order valence-electron chi connectivity index (χ2n) is 7.76. The van der Waals surface area contributed by atoms with Crippen LogP contribution in [0.2, 0.25) is 0 Å². The van der Waals surface area contributed by atoms with Gasteiger partial charge in [0.1, 0.15) is 9.84 Å². The molecule has 0 aromatic heterocycles. The van der Waals surface area contributed by atoms with Gasteiger partial charge in [0, 0.05) is 32.9 Å². The molecule has 0 saturated heterocycles. The molecule has 0 saturated carbocycles. The molecule has 5 nitrogen and oxygen atoms in total. The molecule has 0 bridgehead atoms. The Hall–Kier alpha value is -1.04. The molecule has 1 rings (SSSR count). The van der Waals surface area contributed by atoms with Crippen LogP contribution in [0.4, 0.5) is 13.2 Å². The van der Waals surface area contributed by atoms with Gasteiger partial charge < -0.3 is 10.2 Å². The van der Waals surface area contributed by atoms with Gasteiger partial charge in [-0.3, -0.25) is 4.99 Å². The third-order valence-electron chi connectivity index (χ3n) is 4.20. The lowest BCUT2D eigenvalue weighted by Crippen LogP contribution is -2.39. The summed E-state index contributed by atoms with van der Waals surface area (Å²) in [5.41, 5.74) is -0.233. The Morgan fingerprint density at radius 2 is 1.72 bits per heavy atom. The number of rotatable bonds is 8. The maximum Gasteiger partial charge on any atom is 0.416 e. The largest absolute Gasteiger partial charge is 0.416 e. The maximum absolute atomic E-state index is 12.7. The van der Waals surface area contributed by atoms with Gasteiger partial charge >= 0.3 is 6.18 Å². The molecule has 0 aliphatic rings. The Morgan fingerprint density at radius 1 is 1.17 bits per heavy atom. The lowest BCUT2D eigenvalue weighted by molar-refractivity contribution is -0.137. The summed E-state index contributed by atoms with van der Waals surface area (Å²) >= 11 is 0. The minimum absolute atomic E-state index is 0. The van der Waals surface area contributed by atoms with Gasteiger partial charge in [-0.15, -0.1) is 24.0 Å². The highest BCUT2D eigenvalue weighted by atomic mass is 127. The number of benzene rings is 1. The van der Waals surface area contributed by atoms with Crippen molar-refractivity contribution >= 4 is 39.8 Å². The van der Waals surface area contributed by atoms with Crippen molar-refractivity contribution in [3.05, 3.63) is 35.4 Å². The van der Waals surface area contributed by atoms with Crippen molar-refractivity contribution in [2.24, 2.45) is 10.4 Å². The molecule has 0 unspecified atom stereocenters. The zero-order valence-corrected chi connectivity index (χ0v) is 20.7. The molecule has 0 spiro atoms. The van der Waals surface area contributed by atoms with Crippen molar-refractivity contribution in [3.8, 4) is 0 Å². The highest BCUT2D eigenvalue weighted by molar-refractivity contribution is 14.0. The summed E-state index contributed by atoms with van der Waals surface area (Å²) in [5, 5.41) is 3.16. The number of halogens is 4. The van der Waals surface area contributed by atoms with Crippen molar-refractivity contribution in [1.82, 2.24) is 10.2 Å². The Balaban J connectivity index is 0.00000784. The van der Waals surface area contributed by atoms with Gasteiger partial charge in [-0.25, -0.2) is 8.42 Å². The number of nitrogens with one attached hydrogen (secondary N) is 1. The van der Waals surface area contributed by atoms with Crippen molar-refractivity contribution in [2.75, 3.05) is 32.1 Å². The zero-order valence-electron chi connectivity index (χ0n) is 17.5. The molecular weight excluding hydrogens is 518 g/mol. The molecule has 1 N–H and O–H groups in total. The van der Waals surface area contributed by atoms with Gasteiger partial charge in [-0.2, -0.15) is 13.2 Å². The van der Waals surface area contributed by atoms with E-state index in [4.69, 9.17) is 0 Å². The molecule has 29 heavy (non-hydrogen) atoms. The van der Waals surface area contributed by atoms with Crippen LogP contribution in [0.1, 0.15) is 38.3 Å². The average molecular weight is 549 g/mol. The van der Waals surface area contributed by atoms with Crippen LogP contribution in [-0.2, 0) is 22.6 Å². The van der Waals surface area contributed by atoms with Gasteiger partial charge in [0.05, 0.1) is 11.3 Å². The van der Waals surface area contributed by atoms with Gasteiger partial charge in [-0.05, 0) is 36.5 Å². The standard InChI is InChI=1S/C19H30F3N3O2S.HI/c1-6-23-17(24-14-18(2,3)11-12-28(5,26)27)25(4)13-15-7-9-16(10-8-15)19(20,21)22;/h7-10H,6,11-14H2,1-5H3,(H,23,24);1H. The monoisotopic (exact) mass is 549 g/mol. The fourth-order valence-corrected chi connectivity index (χ4v) is 3.37. The van der Waals surface area contributed by atoms with E-state index < -0.39 is 21.6 Å². The fraction of sp³-hybridized carbons (Fsp3) is 0.632. The third kappa shape index (κ3) is 11.1. The minimum atomic E-state index is -4.35. The molecule has 168 valence electrons. The van der Waals surface area contributed by atoms with Crippen LogP contribution < -0.4 is 5.32 Å². The lowest BCUT2D eigenvalue weighted by Gasteiger charge is -2.26. The number of aliphatic imine (C=N–C) groups is 1. The quantitative estimate of drug-likeness (QED) is 0.301. The van der Waals surface area contributed by atoms with Crippen LogP contribution in [0.5, 0.6) is 0 Å². The summed E-state index contributed by atoms with van der Waals surface area (Å²) in [4.78, 5) is 6.43. The van der Waals surface area contributed by atoms with Crippen LogP contribution in [0.3, 0.4) is 0 Å². The first kappa shape index (κ1) is 28.0. The number of hydrogen-bond donors (Lipinski definition) is 1. The van der Waals surface area contributed by atoms with Gasteiger partial charge in [0.25, 0.3) is 0 Å². The molecule has 0 aliphatic carbocycles. The highest BCUT2D eigenvalue weighted by Gasteiger charge is 2.30. The van der Waals surface area contributed by atoms with Gasteiger partial charge in [0.15, 0.2) is 5.96 Å². The molecule has 1 aromatic rings. The SMILES string of the molecule is CCNC(=NCC(C)(C)CCS(C)(=O)=O)N(C)Cc1ccc(C(F)(F)F)cc1.I. The van der Waals surface area contributed by atoms with E-state index in [2.05, 4.69) is 10.3 Å². The number of alkyl halides is 3. The molecule has 1 aromatic carbocycles. The van der Waals surface area contributed by atoms with Crippen molar-refractivity contribution in [1.29, 1.82) is 0 Å². The fourth-order valence-electron chi connectivity index (χ4n) is 2.45. The molecule has 0 fully saturated rings. The second kappa shape index (κ2) is 11.4. The van der Waals surface area contributed by atoms with Crippen molar-refractivity contribution in [2.45, 2.75) is 39.9 Å². The second-order valence-corrected chi connectivity index (χ2v) is 10.0. The maximum atomic E-state index is 12.7. The lowest BCUT2D eigenvalue weighted by atomic mass is 9.90. The first-order chi connectivity index (χ1) is 12.7. The molecule has 0 aliphatic heterocycles. The topological polar surface area (TPSA) is 61.8 Å². The molecule has 10 heteroatoms. The highest BCUT2D eigenvalue weighted by Crippen LogP contribution is 2.29. The van der Waals surface area contributed by atoms with Crippen LogP contribution in [0, 0.1) is 5.41 Å². The van der Waals surface area contributed by atoms with E-state index >= 15 is 0 Å². The van der Waals surface area contributed by atoms with E-state index in [-0.39, 0.29) is 35.1 Å². The number of nitrogens with zero attached hydrogens (tertiary/aromatic N) is 2. The predicted molar refractivity (Wildman–Crippen MR) is 122 cm³/mol. The summed E-state index contributed by atoms with van der Waals surface area (Å²) in [5.74, 6) is 0.725. The van der Waals surface area contributed by atoms with E-state index in [0.717, 1.165) is 17.7 Å². The Morgan fingerprint density at radius 3 is 2.17 bits per heavy atom. The van der Waals surface area contributed by atoms with Crippen molar-refractivity contribution in [3.63, 3.8) is 0 Å². The first-order valence-electron chi connectivity index (χ1n) is 9.07. The first-order valence-corrected chi connectivity index (χ1v) is 11.1. The van der Waals surface area contributed by atoms with Crippen LogP contribution >= 0.6 is 24.0 Å². The number of guanidine groups is 1. The van der Waals surface area contributed by atoms with Gasteiger partial charge in [0.2, 0.25) is 0 Å². The molecular formula is C19H31F3IN3O2S. The van der Waals surface area contributed by atoms with Crippen molar-refractivity contribution < 1.29 is 21.6 Å². The minimum Gasteiger partial charge on any atom is -0.357 e. The van der Waals surface area contributed by atoms with Gasteiger partial charge in [-0.1, -0.05) is 26.0 Å². The van der Waals surface area contributed by atoms with Crippen LogP contribution in [0.15, 0.2) is 29.3 Å². The molecule has 0 radical (unpaired) electrons.